The van der Waals surface area contributed by atoms with E-state index in [0.717, 1.165) is 12.8 Å². The fourth-order valence-corrected chi connectivity index (χ4v) is 4.90. The number of aromatic amines is 1. The summed E-state index contributed by atoms with van der Waals surface area (Å²) in [5.74, 6) is -0.890. The molecular formula is C24H24Cl2N2O5. The number of phenolic OH excluding ortho intramolecular Hbond substituents is 1. The van der Waals surface area contributed by atoms with E-state index in [1.54, 1.807) is 0 Å². The van der Waals surface area contributed by atoms with Crippen molar-refractivity contribution in [2.75, 3.05) is 0 Å². The molecule has 1 aliphatic carbocycles. The van der Waals surface area contributed by atoms with Gasteiger partial charge in [-0.15, -0.1) is 0 Å². The molecular weight excluding hydrogens is 467 g/mol. The maximum atomic E-state index is 12.9. The number of carboxylic acids is 1. The number of carbonyl (C=O) groups excluding carboxylic acids is 1. The normalized spacial score (nSPS) is 15.4. The first-order chi connectivity index (χ1) is 15.7. The lowest BCUT2D eigenvalue weighted by Gasteiger charge is -2.28. The number of halogens is 2. The molecule has 1 saturated carbocycles. The second-order valence-electron chi connectivity index (χ2n) is 8.39. The molecule has 0 aliphatic heterocycles. The summed E-state index contributed by atoms with van der Waals surface area (Å²) in [4.78, 5) is 26.8. The second kappa shape index (κ2) is 9.53. The minimum atomic E-state index is -1.13. The predicted molar refractivity (Wildman–Crippen MR) is 127 cm³/mol. The predicted octanol–water partition coefficient (Wildman–Crippen LogP) is 6.37. The lowest BCUT2D eigenvalue weighted by Crippen LogP contribution is -2.38. The van der Waals surface area contributed by atoms with Crippen LogP contribution in [-0.4, -0.2) is 33.1 Å². The number of fused-ring (bicyclic) bond motifs is 1. The van der Waals surface area contributed by atoms with Crippen molar-refractivity contribution >= 4 is 46.0 Å². The number of hydrogen-bond acceptors (Lipinski definition) is 4. The largest absolute Gasteiger partial charge is 0.507 e. The van der Waals surface area contributed by atoms with Crippen molar-refractivity contribution in [3.05, 3.63) is 51.6 Å². The van der Waals surface area contributed by atoms with Crippen LogP contribution in [0.3, 0.4) is 0 Å². The van der Waals surface area contributed by atoms with Gasteiger partial charge in [-0.2, -0.15) is 0 Å². The number of aromatic hydroxyl groups is 1. The number of amides is 1. The van der Waals surface area contributed by atoms with Crippen molar-refractivity contribution < 1.29 is 24.5 Å². The topological polar surface area (TPSA) is 112 Å². The number of H-pyrrole nitrogens is 1. The third kappa shape index (κ3) is 4.89. The Labute approximate surface area is 200 Å². The van der Waals surface area contributed by atoms with Crippen LogP contribution in [0.1, 0.15) is 59.9 Å². The molecule has 0 unspecified atom stereocenters. The molecule has 1 fully saturated rings. The summed E-state index contributed by atoms with van der Waals surface area (Å²) in [6.07, 6.45) is 5.73. The van der Waals surface area contributed by atoms with E-state index in [2.05, 4.69) is 10.3 Å². The first-order valence-corrected chi connectivity index (χ1v) is 11.6. The Hall–Kier alpha value is -2.90. The van der Waals surface area contributed by atoms with Gasteiger partial charge in [-0.25, -0.2) is 4.79 Å². The molecule has 4 rings (SSSR count). The van der Waals surface area contributed by atoms with E-state index in [9.17, 15) is 19.8 Å². The van der Waals surface area contributed by atoms with Crippen LogP contribution in [0, 0.1) is 5.92 Å². The molecule has 9 heteroatoms. The van der Waals surface area contributed by atoms with Crippen molar-refractivity contribution in [1.82, 2.24) is 10.3 Å². The number of rotatable bonds is 6. The average molecular weight is 491 g/mol. The Morgan fingerprint density at radius 1 is 1.15 bits per heavy atom. The number of hydrogen-bond donors (Lipinski definition) is 4. The minimum absolute atomic E-state index is 0.00917. The number of aromatic nitrogens is 1. The Morgan fingerprint density at radius 3 is 2.58 bits per heavy atom. The van der Waals surface area contributed by atoms with Crippen LogP contribution >= 0.6 is 23.2 Å². The molecule has 1 atom stereocenters. The third-order valence-corrected chi connectivity index (χ3v) is 6.81. The zero-order valence-corrected chi connectivity index (χ0v) is 19.5. The van der Waals surface area contributed by atoms with Gasteiger partial charge < -0.3 is 25.3 Å². The molecule has 0 bridgehead atoms. The fourth-order valence-electron chi connectivity index (χ4n) is 4.31. The van der Waals surface area contributed by atoms with Crippen molar-refractivity contribution in [2.45, 2.75) is 45.1 Å². The third-order valence-electron chi connectivity index (χ3n) is 6.15. The molecule has 0 saturated heterocycles. The van der Waals surface area contributed by atoms with Gasteiger partial charge in [0, 0.05) is 16.9 Å². The maximum absolute atomic E-state index is 12.9. The quantitative estimate of drug-likeness (QED) is 0.320. The Bertz CT molecular complexity index is 1220. The van der Waals surface area contributed by atoms with E-state index in [4.69, 9.17) is 27.9 Å². The van der Waals surface area contributed by atoms with E-state index >= 15 is 0 Å². The molecule has 174 valence electrons. The Morgan fingerprint density at radius 2 is 1.88 bits per heavy atom. The number of aromatic carboxylic acids is 1. The summed E-state index contributed by atoms with van der Waals surface area (Å²) >= 11 is 12.8. The van der Waals surface area contributed by atoms with Crippen molar-refractivity contribution in [3.8, 4) is 17.2 Å². The van der Waals surface area contributed by atoms with Gasteiger partial charge in [0.1, 0.15) is 17.2 Å². The van der Waals surface area contributed by atoms with Crippen molar-refractivity contribution in [2.24, 2.45) is 5.92 Å². The lowest BCUT2D eigenvalue weighted by molar-refractivity contribution is 0.0691. The van der Waals surface area contributed by atoms with Crippen molar-refractivity contribution in [3.63, 3.8) is 0 Å². The standard InChI is InChI=1S/C24H24Cl2N2O5/c1-12(13-5-3-2-4-6-13)27-23(30)16-9-14(7-8-20(16)29)33-22-17(25)11-18-15(21(22)26)10-19(28-18)24(31)32/h7-13,28-29H,2-6H2,1H3,(H,27,30)(H,31,32)/t12-/m1/s1. The van der Waals surface area contributed by atoms with Gasteiger partial charge >= 0.3 is 5.97 Å². The Kier molecular flexibility index (Phi) is 6.72. The van der Waals surface area contributed by atoms with E-state index in [1.165, 1.54) is 49.6 Å². The van der Waals surface area contributed by atoms with Crippen LogP contribution in [0.4, 0.5) is 0 Å². The SMILES string of the molecule is C[C@@H](NC(=O)c1cc(Oc2c(Cl)cc3[nH]c(C(=O)O)cc3c2Cl)ccc1O)C1CCCCC1. The summed E-state index contributed by atoms with van der Waals surface area (Å²) in [5.41, 5.74) is 0.506. The summed E-state index contributed by atoms with van der Waals surface area (Å²) in [6, 6.07) is 7.19. The van der Waals surface area contributed by atoms with E-state index in [-0.39, 0.29) is 50.5 Å². The molecule has 3 aromatic rings. The van der Waals surface area contributed by atoms with Gasteiger partial charge in [0.15, 0.2) is 5.75 Å². The number of benzene rings is 2. The summed E-state index contributed by atoms with van der Waals surface area (Å²) in [7, 11) is 0. The van der Waals surface area contributed by atoms with Crippen LogP contribution in [0.15, 0.2) is 30.3 Å². The minimum Gasteiger partial charge on any atom is -0.507 e. The van der Waals surface area contributed by atoms with Crippen LogP contribution < -0.4 is 10.1 Å². The number of ether oxygens (including phenoxy) is 1. The van der Waals surface area contributed by atoms with Gasteiger partial charge in [0.2, 0.25) is 0 Å². The number of carbonyl (C=O) groups is 2. The van der Waals surface area contributed by atoms with E-state index in [1.807, 2.05) is 6.92 Å². The average Bonchev–Trinajstić information content (AvgIpc) is 3.22. The van der Waals surface area contributed by atoms with Crippen LogP contribution in [-0.2, 0) is 0 Å². The van der Waals surface area contributed by atoms with Crippen LogP contribution in [0.5, 0.6) is 17.2 Å². The highest BCUT2D eigenvalue weighted by atomic mass is 35.5. The van der Waals surface area contributed by atoms with E-state index < -0.39 is 5.97 Å². The molecule has 1 amide bonds. The van der Waals surface area contributed by atoms with Crippen LogP contribution in [0.25, 0.3) is 10.9 Å². The fraction of sp³-hybridized carbons (Fsp3) is 0.333. The molecule has 33 heavy (non-hydrogen) atoms. The van der Waals surface area contributed by atoms with Gasteiger partial charge in [-0.3, -0.25) is 4.79 Å². The van der Waals surface area contributed by atoms with Gasteiger partial charge in [0.05, 0.1) is 15.6 Å². The van der Waals surface area contributed by atoms with Gasteiger partial charge in [-0.1, -0.05) is 42.5 Å². The number of carboxylic acid groups (broad SMARTS) is 1. The molecule has 4 N–H and O–H groups in total. The molecule has 1 aromatic heterocycles. The van der Waals surface area contributed by atoms with Gasteiger partial charge in [-0.05, 0) is 56.0 Å². The first-order valence-electron chi connectivity index (χ1n) is 10.8. The number of nitrogens with one attached hydrogen (secondary N) is 2. The highest BCUT2D eigenvalue weighted by Gasteiger charge is 2.24. The van der Waals surface area contributed by atoms with Gasteiger partial charge in [0.25, 0.3) is 5.91 Å². The Balaban J connectivity index is 1.58. The van der Waals surface area contributed by atoms with Crippen LogP contribution in [0.2, 0.25) is 10.0 Å². The monoisotopic (exact) mass is 490 g/mol. The highest BCUT2D eigenvalue weighted by Crippen LogP contribution is 2.42. The molecule has 1 aliphatic rings. The molecule has 0 spiro atoms. The second-order valence-corrected chi connectivity index (χ2v) is 9.18. The highest BCUT2D eigenvalue weighted by molar-refractivity contribution is 6.41. The summed E-state index contributed by atoms with van der Waals surface area (Å²) in [5, 5.41) is 23.2. The summed E-state index contributed by atoms with van der Waals surface area (Å²) in [6.45, 7) is 1.99. The molecule has 1 heterocycles. The lowest BCUT2D eigenvalue weighted by atomic mass is 9.84. The zero-order chi connectivity index (χ0) is 23.7. The first kappa shape index (κ1) is 23.3. The zero-order valence-electron chi connectivity index (χ0n) is 18.0. The van der Waals surface area contributed by atoms with Crippen molar-refractivity contribution in [1.29, 1.82) is 0 Å². The molecule has 2 aromatic carbocycles. The summed E-state index contributed by atoms with van der Waals surface area (Å²) < 4.78 is 5.87. The maximum Gasteiger partial charge on any atom is 0.352 e. The molecule has 7 nitrogen and oxygen atoms in total. The molecule has 0 radical (unpaired) electrons. The van der Waals surface area contributed by atoms with E-state index in [0.29, 0.717) is 16.8 Å². The smallest absolute Gasteiger partial charge is 0.352 e. The number of phenols is 1.